The van der Waals surface area contributed by atoms with Crippen LogP contribution in [-0.4, -0.2) is 28.4 Å². The lowest BCUT2D eigenvalue weighted by Crippen LogP contribution is -2.36. The normalized spacial score (nSPS) is 18.9. The van der Waals surface area contributed by atoms with Gasteiger partial charge in [-0.1, -0.05) is 13.8 Å². The zero-order valence-electron chi connectivity index (χ0n) is 14.2. The number of aromatic nitrogens is 2. The fourth-order valence-electron chi connectivity index (χ4n) is 2.94. The monoisotopic (exact) mass is 278 g/mol. The number of nitrogens with zero attached hydrogens (tertiary/aromatic N) is 3. The van der Waals surface area contributed by atoms with E-state index in [9.17, 15) is 0 Å². The van der Waals surface area contributed by atoms with Crippen molar-refractivity contribution in [1.82, 2.24) is 15.1 Å². The minimum Gasteiger partial charge on any atom is -0.356 e. The average Bonchev–Trinajstić information content (AvgIpc) is 2.74. The fraction of sp³-hybridized carbons (Fsp3) is 0.812. The number of aryl methyl sites for hydroxylation is 2. The van der Waals surface area contributed by atoms with Crippen molar-refractivity contribution in [3.63, 3.8) is 0 Å². The highest BCUT2D eigenvalue weighted by Crippen LogP contribution is 2.34. The van der Waals surface area contributed by atoms with E-state index >= 15 is 0 Å². The molecular formula is C16H30N4. The second-order valence-electron chi connectivity index (χ2n) is 7.95. The lowest BCUT2D eigenvalue weighted by molar-refractivity contribution is 0.416. The van der Waals surface area contributed by atoms with Gasteiger partial charge in [-0.05, 0) is 39.5 Å². The highest BCUT2D eigenvalue weighted by molar-refractivity contribution is 5.51. The third-order valence-corrected chi connectivity index (χ3v) is 4.09. The maximum absolute atomic E-state index is 4.64. The molecule has 0 unspecified atom stereocenters. The molecule has 2 heterocycles. The average molecular weight is 278 g/mol. The predicted molar refractivity (Wildman–Crippen MR) is 85.1 cm³/mol. The van der Waals surface area contributed by atoms with E-state index in [-0.39, 0.29) is 5.54 Å². The molecule has 0 aromatic carbocycles. The molecule has 4 nitrogen and oxygen atoms in total. The van der Waals surface area contributed by atoms with Crippen LogP contribution in [-0.2, 0) is 13.6 Å². The molecule has 1 saturated heterocycles. The summed E-state index contributed by atoms with van der Waals surface area (Å²) in [5.74, 6) is 1.30. The first-order valence-corrected chi connectivity index (χ1v) is 7.61. The molecule has 0 amide bonds. The fourth-order valence-corrected chi connectivity index (χ4v) is 2.94. The minimum absolute atomic E-state index is 0.129. The van der Waals surface area contributed by atoms with Gasteiger partial charge in [0.1, 0.15) is 5.82 Å². The molecule has 0 aliphatic carbocycles. The first-order chi connectivity index (χ1) is 9.09. The number of anilines is 1. The quantitative estimate of drug-likeness (QED) is 0.923. The number of rotatable bonds is 3. The van der Waals surface area contributed by atoms with Crippen LogP contribution in [0.25, 0.3) is 0 Å². The van der Waals surface area contributed by atoms with Crippen molar-refractivity contribution < 1.29 is 0 Å². The number of hydrogen-bond acceptors (Lipinski definition) is 3. The van der Waals surface area contributed by atoms with Gasteiger partial charge in [0.15, 0.2) is 0 Å². The SMILES string of the molecule is Cc1nn(C)c(N2CCC(C)(C)C2)c1CNC(C)(C)C. The maximum atomic E-state index is 4.64. The van der Waals surface area contributed by atoms with Crippen LogP contribution in [0.2, 0.25) is 0 Å². The van der Waals surface area contributed by atoms with Crippen molar-refractivity contribution in [2.75, 3.05) is 18.0 Å². The van der Waals surface area contributed by atoms with Crippen molar-refractivity contribution >= 4 is 5.82 Å². The highest BCUT2D eigenvalue weighted by atomic mass is 15.4. The van der Waals surface area contributed by atoms with Crippen LogP contribution in [0.15, 0.2) is 0 Å². The summed E-state index contributed by atoms with van der Waals surface area (Å²) in [6.45, 7) is 16.6. The molecule has 0 spiro atoms. The van der Waals surface area contributed by atoms with Crippen molar-refractivity contribution in [3.8, 4) is 0 Å². The van der Waals surface area contributed by atoms with Gasteiger partial charge in [0.25, 0.3) is 0 Å². The van der Waals surface area contributed by atoms with E-state index < -0.39 is 0 Å². The summed E-state index contributed by atoms with van der Waals surface area (Å²) in [6, 6.07) is 0. The summed E-state index contributed by atoms with van der Waals surface area (Å²) in [7, 11) is 2.06. The van der Waals surface area contributed by atoms with Gasteiger partial charge in [-0.25, -0.2) is 0 Å². The Kier molecular flexibility index (Phi) is 3.89. The smallest absolute Gasteiger partial charge is 0.131 e. The highest BCUT2D eigenvalue weighted by Gasteiger charge is 2.32. The Labute approximate surface area is 123 Å². The van der Waals surface area contributed by atoms with Crippen molar-refractivity contribution in [2.24, 2.45) is 12.5 Å². The lowest BCUT2D eigenvalue weighted by Gasteiger charge is -2.25. The molecule has 0 bridgehead atoms. The van der Waals surface area contributed by atoms with E-state index in [0.717, 1.165) is 25.3 Å². The third-order valence-electron chi connectivity index (χ3n) is 4.09. The van der Waals surface area contributed by atoms with Crippen molar-refractivity contribution in [1.29, 1.82) is 0 Å². The molecule has 0 radical (unpaired) electrons. The summed E-state index contributed by atoms with van der Waals surface area (Å²) in [6.07, 6.45) is 1.25. The van der Waals surface area contributed by atoms with E-state index in [2.05, 4.69) is 68.6 Å². The van der Waals surface area contributed by atoms with Gasteiger partial charge in [-0.2, -0.15) is 5.10 Å². The van der Waals surface area contributed by atoms with Gasteiger partial charge in [-0.15, -0.1) is 0 Å². The van der Waals surface area contributed by atoms with E-state index in [0.29, 0.717) is 5.41 Å². The summed E-state index contributed by atoms with van der Waals surface area (Å²) in [5, 5.41) is 8.24. The Balaban J connectivity index is 2.24. The first-order valence-electron chi connectivity index (χ1n) is 7.61. The van der Waals surface area contributed by atoms with Crippen LogP contribution in [0.5, 0.6) is 0 Å². The molecule has 1 fully saturated rings. The Morgan fingerprint density at radius 2 is 1.95 bits per heavy atom. The summed E-state index contributed by atoms with van der Waals surface area (Å²) in [5.41, 5.74) is 3.03. The zero-order chi connectivity index (χ0) is 15.1. The number of hydrogen-bond donors (Lipinski definition) is 1. The van der Waals surface area contributed by atoms with Gasteiger partial charge >= 0.3 is 0 Å². The van der Waals surface area contributed by atoms with Gasteiger partial charge in [0.05, 0.1) is 5.69 Å². The standard InChI is InChI=1S/C16H30N4/c1-12-13(10-17-15(2,3)4)14(19(7)18-12)20-9-8-16(5,6)11-20/h17H,8-11H2,1-7H3. The second kappa shape index (κ2) is 5.06. The summed E-state index contributed by atoms with van der Waals surface area (Å²) >= 11 is 0. The molecule has 1 aliphatic rings. The molecule has 1 aromatic heterocycles. The molecule has 4 heteroatoms. The van der Waals surface area contributed by atoms with Crippen molar-refractivity contribution in [3.05, 3.63) is 11.3 Å². The van der Waals surface area contributed by atoms with Gasteiger partial charge in [0.2, 0.25) is 0 Å². The molecule has 0 atom stereocenters. The second-order valence-corrected chi connectivity index (χ2v) is 7.95. The third kappa shape index (κ3) is 3.35. The zero-order valence-corrected chi connectivity index (χ0v) is 14.2. The van der Waals surface area contributed by atoms with Crippen LogP contribution < -0.4 is 10.2 Å². The maximum Gasteiger partial charge on any atom is 0.131 e. The molecule has 1 N–H and O–H groups in total. The van der Waals surface area contributed by atoms with Crippen LogP contribution in [0.4, 0.5) is 5.82 Å². The Bertz CT molecular complexity index is 479. The predicted octanol–water partition coefficient (Wildman–Crippen LogP) is 2.85. The van der Waals surface area contributed by atoms with E-state index in [1.807, 2.05) is 0 Å². The molecule has 1 aromatic rings. The van der Waals surface area contributed by atoms with Crippen LogP contribution >= 0.6 is 0 Å². The Hall–Kier alpha value is -1.03. The molecule has 114 valence electrons. The molecule has 1 aliphatic heterocycles. The van der Waals surface area contributed by atoms with Crippen LogP contribution in [0.1, 0.15) is 52.3 Å². The Morgan fingerprint density at radius 3 is 2.45 bits per heavy atom. The first kappa shape index (κ1) is 15.4. The largest absolute Gasteiger partial charge is 0.356 e. The molecule has 0 saturated carbocycles. The molecular weight excluding hydrogens is 248 g/mol. The van der Waals surface area contributed by atoms with E-state index in [4.69, 9.17) is 0 Å². The van der Waals surface area contributed by atoms with Crippen LogP contribution in [0.3, 0.4) is 0 Å². The van der Waals surface area contributed by atoms with Gasteiger partial charge in [-0.3, -0.25) is 4.68 Å². The van der Waals surface area contributed by atoms with Gasteiger partial charge < -0.3 is 10.2 Å². The summed E-state index contributed by atoms with van der Waals surface area (Å²) < 4.78 is 2.05. The lowest BCUT2D eigenvalue weighted by atomic mass is 9.93. The topological polar surface area (TPSA) is 33.1 Å². The van der Waals surface area contributed by atoms with Crippen molar-refractivity contribution in [2.45, 2.75) is 60.0 Å². The van der Waals surface area contributed by atoms with Crippen LogP contribution in [0, 0.1) is 12.3 Å². The van der Waals surface area contributed by atoms with E-state index in [1.165, 1.54) is 17.8 Å². The van der Waals surface area contributed by atoms with Gasteiger partial charge in [0, 0.05) is 37.8 Å². The van der Waals surface area contributed by atoms with E-state index in [1.54, 1.807) is 0 Å². The summed E-state index contributed by atoms with van der Waals surface area (Å²) in [4.78, 5) is 2.50. The number of nitrogens with one attached hydrogen (secondary N) is 1. The minimum atomic E-state index is 0.129. The molecule has 20 heavy (non-hydrogen) atoms. The Morgan fingerprint density at radius 1 is 1.30 bits per heavy atom. The molecule has 2 rings (SSSR count).